The highest BCUT2D eigenvalue weighted by Gasteiger charge is 2.29. The summed E-state index contributed by atoms with van der Waals surface area (Å²) < 4.78 is 37.1. The molecule has 1 heterocycles. The Labute approximate surface area is 104 Å². The predicted octanol–water partition coefficient (Wildman–Crippen LogP) is 1.67. The van der Waals surface area contributed by atoms with Crippen LogP contribution in [0, 0.1) is 0 Å². The van der Waals surface area contributed by atoms with Gasteiger partial charge in [-0.1, -0.05) is 12.1 Å². The molecule has 7 heteroatoms. The van der Waals surface area contributed by atoms with Gasteiger partial charge in [0.15, 0.2) is 0 Å². The van der Waals surface area contributed by atoms with Gasteiger partial charge in [0.2, 0.25) is 0 Å². The molecular formula is C12H9F3N2O2. The maximum absolute atomic E-state index is 12.4. The monoisotopic (exact) mass is 270 g/mol. The zero-order valence-electron chi connectivity index (χ0n) is 9.54. The van der Waals surface area contributed by atoms with Gasteiger partial charge in [0.1, 0.15) is 0 Å². The second-order valence-corrected chi connectivity index (χ2v) is 3.97. The van der Waals surface area contributed by atoms with E-state index in [2.05, 4.69) is 4.98 Å². The minimum atomic E-state index is -4.38. The van der Waals surface area contributed by atoms with Crippen LogP contribution in [0.4, 0.5) is 13.2 Å². The third kappa shape index (κ3) is 3.12. The summed E-state index contributed by atoms with van der Waals surface area (Å²) in [5, 5.41) is 0. The van der Waals surface area contributed by atoms with Gasteiger partial charge in [-0.25, -0.2) is 4.79 Å². The van der Waals surface area contributed by atoms with Gasteiger partial charge in [0, 0.05) is 18.2 Å². The van der Waals surface area contributed by atoms with Gasteiger partial charge in [-0.05, 0) is 17.7 Å². The van der Waals surface area contributed by atoms with Crippen molar-refractivity contribution in [1.29, 1.82) is 0 Å². The summed E-state index contributed by atoms with van der Waals surface area (Å²) >= 11 is 0. The molecule has 0 radical (unpaired) electrons. The molecule has 0 aliphatic heterocycles. The zero-order chi connectivity index (χ0) is 14.0. The number of rotatable bonds is 2. The maximum atomic E-state index is 12.4. The van der Waals surface area contributed by atoms with Crippen molar-refractivity contribution in [3.8, 4) is 0 Å². The van der Waals surface area contributed by atoms with E-state index in [1.54, 1.807) is 0 Å². The number of hydrogen-bond donors (Lipinski definition) is 2. The topological polar surface area (TPSA) is 65.7 Å². The van der Waals surface area contributed by atoms with Crippen LogP contribution in [0.15, 0.2) is 40.1 Å². The Balaban J connectivity index is 2.25. The first kappa shape index (κ1) is 13.1. The van der Waals surface area contributed by atoms with Gasteiger partial charge in [-0.2, -0.15) is 13.2 Å². The second-order valence-electron chi connectivity index (χ2n) is 3.97. The zero-order valence-corrected chi connectivity index (χ0v) is 9.54. The molecule has 0 saturated heterocycles. The number of aromatic nitrogens is 2. The number of hydrogen-bond acceptors (Lipinski definition) is 2. The smallest absolute Gasteiger partial charge is 0.314 e. The highest BCUT2D eigenvalue weighted by molar-refractivity contribution is 5.28. The van der Waals surface area contributed by atoms with Crippen LogP contribution in [-0.2, 0) is 12.6 Å². The quantitative estimate of drug-likeness (QED) is 0.871. The largest absolute Gasteiger partial charge is 0.416 e. The molecule has 0 atom stereocenters. The predicted molar refractivity (Wildman–Crippen MR) is 61.9 cm³/mol. The Morgan fingerprint density at radius 1 is 1.05 bits per heavy atom. The summed E-state index contributed by atoms with van der Waals surface area (Å²) in [5.74, 6) is 0. The molecule has 100 valence electrons. The van der Waals surface area contributed by atoms with Crippen molar-refractivity contribution in [2.45, 2.75) is 12.6 Å². The van der Waals surface area contributed by atoms with Crippen LogP contribution in [0.25, 0.3) is 0 Å². The van der Waals surface area contributed by atoms with Gasteiger partial charge in [0.05, 0.1) is 5.56 Å². The molecule has 2 aromatic rings. The molecule has 4 nitrogen and oxygen atoms in total. The van der Waals surface area contributed by atoms with Crippen molar-refractivity contribution >= 4 is 0 Å². The van der Waals surface area contributed by atoms with E-state index in [0.29, 0.717) is 5.56 Å². The Morgan fingerprint density at radius 2 is 1.68 bits per heavy atom. The molecule has 0 aliphatic rings. The average Bonchev–Trinajstić information content (AvgIpc) is 2.32. The Hall–Kier alpha value is -2.31. The Kier molecular flexibility index (Phi) is 3.28. The van der Waals surface area contributed by atoms with Gasteiger partial charge < -0.3 is 4.98 Å². The fourth-order valence-electron chi connectivity index (χ4n) is 1.60. The van der Waals surface area contributed by atoms with Crippen molar-refractivity contribution in [2.24, 2.45) is 0 Å². The number of aromatic amines is 2. The number of alkyl halides is 3. The Bertz CT molecular complexity index is 684. The normalized spacial score (nSPS) is 11.5. The van der Waals surface area contributed by atoms with E-state index < -0.39 is 23.0 Å². The van der Waals surface area contributed by atoms with Gasteiger partial charge in [0.25, 0.3) is 5.56 Å². The number of halogens is 3. The van der Waals surface area contributed by atoms with E-state index in [4.69, 9.17) is 0 Å². The minimum absolute atomic E-state index is 0.143. The van der Waals surface area contributed by atoms with E-state index >= 15 is 0 Å². The molecular weight excluding hydrogens is 261 g/mol. The molecule has 0 bridgehead atoms. The van der Waals surface area contributed by atoms with Crippen molar-refractivity contribution in [3.63, 3.8) is 0 Å². The molecule has 2 rings (SSSR count). The third-order valence-electron chi connectivity index (χ3n) is 2.57. The first-order valence-electron chi connectivity index (χ1n) is 5.33. The molecule has 2 N–H and O–H groups in total. The standard InChI is InChI=1S/C12H9F3N2O2/c13-12(14,15)9-3-1-7(2-4-9)5-8-6-16-11(19)17-10(8)18/h1-4,6H,5H2,(H2,16,17,18,19). The summed E-state index contributed by atoms with van der Waals surface area (Å²) in [5.41, 5.74) is -1.10. The fourth-order valence-corrected chi connectivity index (χ4v) is 1.60. The van der Waals surface area contributed by atoms with Crippen LogP contribution in [0.1, 0.15) is 16.7 Å². The van der Waals surface area contributed by atoms with Crippen molar-refractivity contribution in [2.75, 3.05) is 0 Å². The van der Waals surface area contributed by atoms with Crippen molar-refractivity contribution in [3.05, 3.63) is 68.0 Å². The van der Waals surface area contributed by atoms with Crippen LogP contribution >= 0.6 is 0 Å². The average molecular weight is 270 g/mol. The van der Waals surface area contributed by atoms with Crippen molar-refractivity contribution < 1.29 is 13.2 Å². The summed E-state index contributed by atoms with van der Waals surface area (Å²) in [6.07, 6.45) is -2.99. The molecule has 1 aromatic heterocycles. The number of H-pyrrole nitrogens is 2. The highest BCUT2D eigenvalue weighted by atomic mass is 19.4. The number of benzene rings is 1. The fraction of sp³-hybridized carbons (Fsp3) is 0.167. The first-order chi connectivity index (χ1) is 8.86. The van der Waals surface area contributed by atoms with Crippen LogP contribution in [0.5, 0.6) is 0 Å². The molecule has 0 saturated carbocycles. The lowest BCUT2D eigenvalue weighted by molar-refractivity contribution is -0.137. The molecule has 1 aromatic carbocycles. The second kappa shape index (κ2) is 4.75. The lowest BCUT2D eigenvalue weighted by Gasteiger charge is -2.07. The summed E-state index contributed by atoms with van der Waals surface area (Å²) in [6.45, 7) is 0. The van der Waals surface area contributed by atoms with E-state index in [1.807, 2.05) is 4.98 Å². The SMILES string of the molecule is O=c1[nH]cc(Cc2ccc(C(F)(F)F)cc2)c(=O)[nH]1. The number of nitrogens with one attached hydrogen (secondary N) is 2. The van der Waals surface area contributed by atoms with Crippen LogP contribution in [0.2, 0.25) is 0 Å². The minimum Gasteiger partial charge on any atom is -0.314 e. The van der Waals surface area contributed by atoms with E-state index in [9.17, 15) is 22.8 Å². The third-order valence-corrected chi connectivity index (χ3v) is 2.57. The van der Waals surface area contributed by atoms with E-state index in [-0.39, 0.29) is 12.0 Å². The van der Waals surface area contributed by atoms with Gasteiger partial charge in [-0.3, -0.25) is 9.78 Å². The van der Waals surface area contributed by atoms with Crippen molar-refractivity contribution in [1.82, 2.24) is 9.97 Å². The van der Waals surface area contributed by atoms with Crippen LogP contribution in [0.3, 0.4) is 0 Å². The first-order valence-corrected chi connectivity index (χ1v) is 5.33. The van der Waals surface area contributed by atoms with Crippen LogP contribution in [-0.4, -0.2) is 9.97 Å². The summed E-state index contributed by atoms with van der Waals surface area (Å²) in [7, 11) is 0. The summed E-state index contributed by atoms with van der Waals surface area (Å²) in [4.78, 5) is 26.6. The lowest BCUT2D eigenvalue weighted by atomic mass is 10.1. The molecule has 0 spiro atoms. The molecule has 0 fully saturated rings. The van der Waals surface area contributed by atoms with Gasteiger partial charge >= 0.3 is 11.9 Å². The Morgan fingerprint density at radius 3 is 2.21 bits per heavy atom. The maximum Gasteiger partial charge on any atom is 0.416 e. The van der Waals surface area contributed by atoms with E-state index in [1.165, 1.54) is 18.3 Å². The van der Waals surface area contributed by atoms with Crippen LogP contribution < -0.4 is 11.2 Å². The molecule has 0 amide bonds. The molecule has 0 unspecified atom stereocenters. The lowest BCUT2D eigenvalue weighted by Crippen LogP contribution is -2.24. The summed E-state index contributed by atoms with van der Waals surface area (Å²) in [6, 6.07) is 4.51. The molecule has 19 heavy (non-hydrogen) atoms. The van der Waals surface area contributed by atoms with E-state index in [0.717, 1.165) is 12.1 Å². The highest BCUT2D eigenvalue weighted by Crippen LogP contribution is 2.29. The van der Waals surface area contributed by atoms with Gasteiger partial charge in [-0.15, -0.1) is 0 Å². The molecule has 0 aliphatic carbocycles.